The van der Waals surface area contributed by atoms with Crippen molar-refractivity contribution in [3.8, 4) is 0 Å². The molecule has 0 aliphatic heterocycles. The molecule has 3 rings (SSSR count). The third kappa shape index (κ3) is 3.71. The van der Waals surface area contributed by atoms with Crippen molar-refractivity contribution in [3.05, 3.63) is 54.2 Å². The first-order valence-electron chi connectivity index (χ1n) is 7.26. The molecule has 0 bridgehead atoms. The van der Waals surface area contributed by atoms with Crippen LogP contribution in [0.5, 0.6) is 0 Å². The maximum absolute atomic E-state index is 12.3. The van der Waals surface area contributed by atoms with Gasteiger partial charge in [0.15, 0.2) is 5.82 Å². The fourth-order valence-corrected chi connectivity index (χ4v) is 3.03. The van der Waals surface area contributed by atoms with Gasteiger partial charge in [0.2, 0.25) is 11.8 Å². The number of carbonyl (C=O) groups excluding carboxylic acids is 1. The van der Waals surface area contributed by atoms with Gasteiger partial charge in [-0.15, -0.1) is 11.8 Å². The summed E-state index contributed by atoms with van der Waals surface area (Å²) in [6.45, 7) is 1.75. The quantitative estimate of drug-likeness (QED) is 0.718. The lowest BCUT2D eigenvalue weighted by Gasteiger charge is -2.17. The summed E-state index contributed by atoms with van der Waals surface area (Å²) in [6, 6.07) is 14.1. The Bertz CT molecular complexity index is 831. The molecule has 0 aliphatic carbocycles. The first-order chi connectivity index (χ1) is 11.1. The third-order valence-corrected chi connectivity index (χ3v) is 4.43. The molecule has 0 atom stereocenters. The van der Waals surface area contributed by atoms with Gasteiger partial charge in [0.25, 0.3) is 0 Å². The van der Waals surface area contributed by atoms with E-state index in [-0.39, 0.29) is 5.91 Å². The van der Waals surface area contributed by atoms with Crippen LogP contribution in [0.15, 0.2) is 47.0 Å². The summed E-state index contributed by atoms with van der Waals surface area (Å²) < 4.78 is 4.91. The van der Waals surface area contributed by atoms with Gasteiger partial charge in [0, 0.05) is 19.7 Å². The molecule has 0 aliphatic rings. The topological polar surface area (TPSA) is 59.2 Å². The van der Waals surface area contributed by atoms with Crippen LogP contribution in [0.4, 0.5) is 5.69 Å². The first kappa shape index (κ1) is 15.6. The van der Waals surface area contributed by atoms with Gasteiger partial charge < -0.3 is 9.42 Å². The van der Waals surface area contributed by atoms with Crippen molar-refractivity contribution < 1.29 is 9.32 Å². The van der Waals surface area contributed by atoms with Crippen molar-refractivity contribution >= 4 is 34.1 Å². The number of aromatic nitrogens is 2. The Morgan fingerprint density at radius 2 is 2.00 bits per heavy atom. The summed E-state index contributed by atoms with van der Waals surface area (Å²) in [6.07, 6.45) is 0. The Labute approximate surface area is 138 Å². The number of anilines is 1. The lowest BCUT2D eigenvalue weighted by Crippen LogP contribution is -2.27. The van der Waals surface area contributed by atoms with E-state index >= 15 is 0 Å². The second-order valence-corrected chi connectivity index (χ2v) is 6.19. The summed E-state index contributed by atoms with van der Waals surface area (Å²) in [7, 11) is 1.80. The summed E-state index contributed by atoms with van der Waals surface area (Å²) in [5, 5.41) is 6.11. The van der Waals surface area contributed by atoms with E-state index in [1.807, 2.05) is 36.4 Å². The number of aryl methyl sites for hydroxylation is 1. The van der Waals surface area contributed by atoms with Crippen LogP contribution in [0.25, 0.3) is 10.8 Å². The number of hydrogen-bond donors (Lipinski definition) is 0. The number of hydrogen-bond acceptors (Lipinski definition) is 5. The Kier molecular flexibility index (Phi) is 4.62. The van der Waals surface area contributed by atoms with Gasteiger partial charge in [-0.1, -0.05) is 35.5 Å². The fraction of sp³-hybridized carbons (Fsp3) is 0.235. The summed E-state index contributed by atoms with van der Waals surface area (Å²) >= 11 is 1.48. The Balaban J connectivity index is 1.61. The van der Waals surface area contributed by atoms with Gasteiger partial charge in [-0.25, -0.2) is 0 Å². The molecule has 3 aromatic rings. The molecule has 1 heterocycles. The molecule has 2 aromatic carbocycles. The molecule has 1 amide bonds. The molecule has 6 heteroatoms. The molecule has 5 nitrogen and oxygen atoms in total. The van der Waals surface area contributed by atoms with E-state index in [0.29, 0.717) is 23.2 Å². The van der Waals surface area contributed by atoms with Gasteiger partial charge in [-0.3, -0.25) is 4.79 Å². The summed E-state index contributed by atoms with van der Waals surface area (Å²) in [5.41, 5.74) is 0.893. The minimum Gasteiger partial charge on any atom is -0.340 e. The molecule has 0 N–H and O–H groups in total. The van der Waals surface area contributed by atoms with Crippen LogP contribution in [0.1, 0.15) is 11.7 Å². The molecular weight excluding hydrogens is 310 g/mol. The number of benzene rings is 2. The lowest BCUT2D eigenvalue weighted by molar-refractivity contribution is -0.115. The molecule has 118 valence electrons. The van der Waals surface area contributed by atoms with Crippen LogP contribution in [-0.2, 0) is 10.5 Å². The molecule has 0 spiro atoms. The number of thioether (sulfide) groups is 1. The number of carbonyl (C=O) groups is 1. The minimum absolute atomic E-state index is 0.0468. The van der Waals surface area contributed by atoms with Crippen molar-refractivity contribution in [2.45, 2.75) is 12.7 Å². The molecule has 23 heavy (non-hydrogen) atoms. The smallest absolute Gasteiger partial charge is 0.236 e. The number of fused-ring (bicyclic) bond motifs is 1. The fourth-order valence-electron chi connectivity index (χ4n) is 2.26. The number of amides is 1. The van der Waals surface area contributed by atoms with Gasteiger partial charge in [-0.05, 0) is 22.9 Å². The van der Waals surface area contributed by atoms with Crippen LogP contribution < -0.4 is 4.90 Å². The summed E-state index contributed by atoms with van der Waals surface area (Å²) in [4.78, 5) is 18.1. The van der Waals surface area contributed by atoms with E-state index < -0.39 is 0 Å². The zero-order chi connectivity index (χ0) is 16.2. The second-order valence-electron chi connectivity index (χ2n) is 5.21. The molecule has 0 unspecified atom stereocenters. The zero-order valence-corrected chi connectivity index (χ0v) is 13.8. The van der Waals surface area contributed by atoms with Crippen molar-refractivity contribution in [3.63, 3.8) is 0 Å². The Morgan fingerprint density at radius 3 is 2.74 bits per heavy atom. The van der Waals surface area contributed by atoms with Crippen molar-refractivity contribution in [1.29, 1.82) is 0 Å². The van der Waals surface area contributed by atoms with E-state index in [1.54, 1.807) is 18.9 Å². The predicted molar refractivity (Wildman–Crippen MR) is 92.6 cm³/mol. The van der Waals surface area contributed by atoms with Gasteiger partial charge in [0.05, 0.1) is 11.5 Å². The monoisotopic (exact) mass is 327 g/mol. The minimum atomic E-state index is 0.0468. The van der Waals surface area contributed by atoms with Crippen LogP contribution in [0.2, 0.25) is 0 Å². The van der Waals surface area contributed by atoms with E-state index in [1.165, 1.54) is 17.1 Å². The number of rotatable bonds is 5. The predicted octanol–water partition coefficient (Wildman–Crippen LogP) is 3.43. The average Bonchev–Trinajstić information content (AvgIpc) is 2.99. The highest BCUT2D eigenvalue weighted by molar-refractivity contribution is 7.99. The average molecular weight is 327 g/mol. The Hall–Kier alpha value is -2.34. The van der Waals surface area contributed by atoms with Crippen LogP contribution in [0.3, 0.4) is 0 Å². The third-order valence-electron chi connectivity index (χ3n) is 3.52. The molecule has 0 radical (unpaired) electrons. The van der Waals surface area contributed by atoms with E-state index in [9.17, 15) is 4.79 Å². The number of nitrogens with zero attached hydrogens (tertiary/aromatic N) is 3. The van der Waals surface area contributed by atoms with E-state index in [2.05, 4.69) is 16.2 Å². The Morgan fingerprint density at radius 1 is 1.22 bits per heavy atom. The van der Waals surface area contributed by atoms with Crippen LogP contribution >= 0.6 is 11.8 Å². The maximum Gasteiger partial charge on any atom is 0.236 e. The first-order valence-corrected chi connectivity index (χ1v) is 8.41. The standard InChI is InChI=1S/C17H17N3O2S/c1-12-18-16(19-22-12)10-23-11-17(21)20(2)15-8-7-13-5-3-4-6-14(13)9-15/h3-9H,10-11H2,1-2H3. The lowest BCUT2D eigenvalue weighted by atomic mass is 10.1. The summed E-state index contributed by atoms with van der Waals surface area (Å²) in [5.74, 6) is 2.14. The van der Waals surface area contributed by atoms with E-state index in [4.69, 9.17) is 4.52 Å². The highest BCUT2D eigenvalue weighted by Gasteiger charge is 2.12. The highest BCUT2D eigenvalue weighted by atomic mass is 32.2. The van der Waals surface area contributed by atoms with E-state index in [0.717, 1.165) is 11.1 Å². The van der Waals surface area contributed by atoms with Gasteiger partial charge in [0.1, 0.15) is 0 Å². The zero-order valence-electron chi connectivity index (χ0n) is 13.0. The maximum atomic E-state index is 12.3. The van der Waals surface area contributed by atoms with Crippen LogP contribution in [-0.4, -0.2) is 28.8 Å². The second kappa shape index (κ2) is 6.83. The molecule has 0 fully saturated rings. The van der Waals surface area contributed by atoms with Crippen LogP contribution in [0, 0.1) is 6.92 Å². The molecule has 1 aromatic heterocycles. The highest BCUT2D eigenvalue weighted by Crippen LogP contribution is 2.22. The normalized spacial score (nSPS) is 10.9. The van der Waals surface area contributed by atoms with Crippen molar-refractivity contribution in [2.24, 2.45) is 0 Å². The van der Waals surface area contributed by atoms with Gasteiger partial charge in [-0.2, -0.15) is 4.98 Å². The largest absolute Gasteiger partial charge is 0.340 e. The van der Waals surface area contributed by atoms with Crippen molar-refractivity contribution in [2.75, 3.05) is 17.7 Å². The SMILES string of the molecule is Cc1nc(CSCC(=O)N(C)c2ccc3ccccc3c2)no1. The van der Waals surface area contributed by atoms with Gasteiger partial charge >= 0.3 is 0 Å². The van der Waals surface area contributed by atoms with Crippen molar-refractivity contribution in [1.82, 2.24) is 10.1 Å². The molecular formula is C17H17N3O2S. The molecule has 0 saturated carbocycles. The molecule has 0 saturated heterocycles.